The van der Waals surface area contributed by atoms with Crippen LogP contribution in [0.25, 0.3) is 0 Å². The first-order valence-electron chi connectivity index (χ1n) is 6.35. The molecule has 4 nitrogen and oxygen atoms in total. The molecule has 0 saturated heterocycles. The zero-order valence-electron chi connectivity index (χ0n) is 10.7. The summed E-state index contributed by atoms with van der Waals surface area (Å²) in [4.78, 5) is 17.0. The summed E-state index contributed by atoms with van der Waals surface area (Å²) >= 11 is 5.81. The van der Waals surface area contributed by atoms with Crippen LogP contribution in [-0.2, 0) is 6.42 Å². The summed E-state index contributed by atoms with van der Waals surface area (Å²) in [5.74, 6) is 0. The molecule has 0 saturated carbocycles. The van der Waals surface area contributed by atoms with Gasteiger partial charge in [-0.05, 0) is 29.2 Å². The Morgan fingerprint density at radius 3 is 2.80 bits per heavy atom. The molecule has 0 fully saturated rings. The molecule has 1 aromatic carbocycles. The molecule has 1 aromatic heterocycles. The second-order valence-electron chi connectivity index (χ2n) is 4.74. The number of carbonyl (C=O) groups is 1. The highest BCUT2D eigenvalue weighted by molar-refractivity contribution is 6.29. The van der Waals surface area contributed by atoms with E-state index in [4.69, 9.17) is 11.6 Å². The van der Waals surface area contributed by atoms with Gasteiger partial charge in [-0.3, -0.25) is 4.90 Å². The lowest BCUT2D eigenvalue weighted by atomic mass is 9.89. The molecule has 1 unspecified atom stereocenters. The fourth-order valence-corrected chi connectivity index (χ4v) is 2.79. The van der Waals surface area contributed by atoms with Gasteiger partial charge in [-0.2, -0.15) is 0 Å². The quantitative estimate of drug-likeness (QED) is 0.819. The number of pyridine rings is 1. The number of rotatable bonds is 1. The van der Waals surface area contributed by atoms with E-state index in [2.05, 4.69) is 4.98 Å². The summed E-state index contributed by atoms with van der Waals surface area (Å²) in [6, 6.07) is 11.1. The lowest BCUT2D eigenvalue weighted by molar-refractivity contribution is 0.129. The highest BCUT2D eigenvalue weighted by Crippen LogP contribution is 2.34. The normalized spacial score (nSPS) is 17.6. The van der Waals surface area contributed by atoms with E-state index in [-0.39, 0.29) is 6.04 Å². The summed E-state index contributed by atoms with van der Waals surface area (Å²) < 4.78 is 0. The maximum Gasteiger partial charge on any atom is 0.408 e. The average molecular weight is 289 g/mol. The molecule has 0 bridgehead atoms. The Balaban J connectivity index is 2.11. The van der Waals surface area contributed by atoms with Crippen LogP contribution in [0, 0.1) is 0 Å². The third-order valence-electron chi connectivity index (χ3n) is 3.60. The first-order valence-corrected chi connectivity index (χ1v) is 6.73. The molecule has 1 atom stereocenters. The molecule has 0 radical (unpaired) electrons. The number of fused-ring (bicyclic) bond motifs is 1. The van der Waals surface area contributed by atoms with Crippen LogP contribution in [0.1, 0.15) is 22.7 Å². The summed E-state index contributed by atoms with van der Waals surface area (Å²) in [6.45, 7) is 0.486. The lowest BCUT2D eigenvalue weighted by Crippen LogP contribution is -2.39. The highest BCUT2D eigenvalue weighted by Gasteiger charge is 2.31. The van der Waals surface area contributed by atoms with E-state index in [1.165, 1.54) is 10.5 Å². The molecule has 2 aromatic rings. The van der Waals surface area contributed by atoms with Crippen molar-refractivity contribution < 1.29 is 9.90 Å². The average Bonchev–Trinajstić information content (AvgIpc) is 2.47. The minimum Gasteiger partial charge on any atom is -0.465 e. The monoisotopic (exact) mass is 288 g/mol. The molecule has 1 aliphatic rings. The molecule has 2 heterocycles. The molecule has 1 N–H and O–H groups in total. The number of aromatic nitrogens is 1. The molecule has 0 spiro atoms. The van der Waals surface area contributed by atoms with Gasteiger partial charge in [0.25, 0.3) is 0 Å². The molecule has 5 heteroatoms. The van der Waals surface area contributed by atoms with Crippen LogP contribution in [0.5, 0.6) is 0 Å². The number of amides is 1. The standard InChI is InChI=1S/C15H13ClN2O2/c16-13-6-5-11(9-17-13)14-12-4-2-1-3-10(12)7-8-18(14)15(19)20/h1-6,9,14H,7-8H2,(H,19,20). The van der Waals surface area contributed by atoms with Crippen LogP contribution in [0.15, 0.2) is 42.6 Å². The molecule has 3 rings (SSSR count). The number of halogens is 1. The van der Waals surface area contributed by atoms with Gasteiger partial charge in [-0.1, -0.05) is 41.9 Å². The zero-order valence-corrected chi connectivity index (χ0v) is 11.4. The Labute approximate surface area is 121 Å². The Hall–Kier alpha value is -2.07. The Morgan fingerprint density at radius 2 is 2.10 bits per heavy atom. The Morgan fingerprint density at radius 1 is 1.30 bits per heavy atom. The van der Waals surface area contributed by atoms with Crippen molar-refractivity contribution in [2.45, 2.75) is 12.5 Å². The number of carboxylic acid groups (broad SMARTS) is 1. The van der Waals surface area contributed by atoms with E-state index in [9.17, 15) is 9.90 Å². The third-order valence-corrected chi connectivity index (χ3v) is 3.82. The van der Waals surface area contributed by atoms with Crippen molar-refractivity contribution in [2.24, 2.45) is 0 Å². The van der Waals surface area contributed by atoms with Crippen LogP contribution < -0.4 is 0 Å². The lowest BCUT2D eigenvalue weighted by Gasteiger charge is -2.35. The molecular formula is C15H13ClN2O2. The van der Waals surface area contributed by atoms with Crippen molar-refractivity contribution in [2.75, 3.05) is 6.54 Å². The Bertz CT molecular complexity index is 643. The van der Waals surface area contributed by atoms with Crippen molar-refractivity contribution in [3.63, 3.8) is 0 Å². The molecule has 1 aliphatic heterocycles. The number of nitrogens with zero attached hydrogens (tertiary/aromatic N) is 2. The van der Waals surface area contributed by atoms with Gasteiger partial charge < -0.3 is 5.11 Å². The predicted octanol–water partition coefficient (Wildman–Crippen LogP) is 3.36. The van der Waals surface area contributed by atoms with Crippen molar-refractivity contribution in [3.05, 3.63) is 64.4 Å². The minimum atomic E-state index is -0.917. The van der Waals surface area contributed by atoms with Crippen LogP contribution in [0.3, 0.4) is 0 Å². The summed E-state index contributed by atoms with van der Waals surface area (Å²) in [7, 11) is 0. The van der Waals surface area contributed by atoms with Crippen LogP contribution in [0.2, 0.25) is 5.15 Å². The van der Waals surface area contributed by atoms with Crippen molar-refractivity contribution in [1.82, 2.24) is 9.88 Å². The van der Waals surface area contributed by atoms with Gasteiger partial charge in [-0.15, -0.1) is 0 Å². The second-order valence-corrected chi connectivity index (χ2v) is 5.13. The summed E-state index contributed by atoms with van der Waals surface area (Å²) in [5, 5.41) is 9.83. The van der Waals surface area contributed by atoms with Crippen molar-refractivity contribution in [1.29, 1.82) is 0 Å². The van der Waals surface area contributed by atoms with Gasteiger partial charge >= 0.3 is 6.09 Å². The van der Waals surface area contributed by atoms with Gasteiger partial charge in [0.15, 0.2) is 0 Å². The van der Waals surface area contributed by atoms with Gasteiger partial charge in [0.1, 0.15) is 5.15 Å². The van der Waals surface area contributed by atoms with E-state index in [1.807, 2.05) is 30.3 Å². The highest BCUT2D eigenvalue weighted by atomic mass is 35.5. The molecule has 102 valence electrons. The van der Waals surface area contributed by atoms with Gasteiger partial charge in [-0.25, -0.2) is 9.78 Å². The topological polar surface area (TPSA) is 53.4 Å². The Kier molecular flexibility index (Phi) is 3.32. The zero-order chi connectivity index (χ0) is 14.1. The second kappa shape index (κ2) is 5.13. The number of hydrogen-bond acceptors (Lipinski definition) is 2. The van der Waals surface area contributed by atoms with Crippen molar-refractivity contribution in [3.8, 4) is 0 Å². The molecular weight excluding hydrogens is 276 g/mol. The van der Waals surface area contributed by atoms with Gasteiger partial charge in [0, 0.05) is 12.7 Å². The van der Waals surface area contributed by atoms with E-state index in [0.29, 0.717) is 11.7 Å². The van der Waals surface area contributed by atoms with Crippen LogP contribution >= 0.6 is 11.6 Å². The minimum absolute atomic E-state index is 0.317. The first kappa shape index (κ1) is 12.9. The fraction of sp³-hybridized carbons (Fsp3) is 0.200. The summed E-state index contributed by atoms with van der Waals surface area (Å²) in [5.41, 5.74) is 3.04. The van der Waals surface area contributed by atoms with E-state index in [0.717, 1.165) is 17.5 Å². The number of hydrogen-bond donors (Lipinski definition) is 1. The van der Waals surface area contributed by atoms with E-state index < -0.39 is 6.09 Å². The molecule has 1 amide bonds. The van der Waals surface area contributed by atoms with Crippen LogP contribution in [0.4, 0.5) is 4.79 Å². The molecule has 0 aliphatic carbocycles. The van der Waals surface area contributed by atoms with Gasteiger partial charge in [0.2, 0.25) is 0 Å². The largest absolute Gasteiger partial charge is 0.465 e. The summed E-state index contributed by atoms with van der Waals surface area (Å²) in [6.07, 6.45) is 1.46. The maximum atomic E-state index is 11.5. The van der Waals surface area contributed by atoms with Crippen molar-refractivity contribution >= 4 is 17.7 Å². The SMILES string of the molecule is O=C(O)N1CCc2ccccc2C1c1ccc(Cl)nc1. The predicted molar refractivity (Wildman–Crippen MR) is 76.0 cm³/mol. The smallest absolute Gasteiger partial charge is 0.408 e. The number of benzene rings is 1. The van der Waals surface area contributed by atoms with E-state index in [1.54, 1.807) is 12.3 Å². The third kappa shape index (κ3) is 2.23. The van der Waals surface area contributed by atoms with E-state index >= 15 is 0 Å². The fourth-order valence-electron chi connectivity index (χ4n) is 2.68. The van der Waals surface area contributed by atoms with Crippen LogP contribution in [-0.4, -0.2) is 27.6 Å². The first-order chi connectivity index (χ1) is 9.66. The molecule has 20 heavy (non-hydrogen) atoms. The maximum absolute atomic E-state index is 11.5. The van der Waals surface area contributed by atoms with Gasteiger partial charge in [0.05, 0.1) is 6.04 Å².